The van der Waals surface area contributed by atoms with Crippen LogP contribution >= 0.6 is 0 Å². The zero-order valence-corrected chi connectivity index (χ0v) is 11.2. The zero-order valence-electron chi connectivity index (χ0n) is 11.2. The molecule has 3 rings (SSSR count). The summed E-state index contributed by atoms with van der Waals surface area (Å²) in [6.45, 7) is 3.74. The molecule has 1 unspecified atom stereocenters. The molecule has 0 radical (unpaired) electrons. The summed E-state index contributed by atoms with van der Waals surface area (Å²) >= 11 is 0. The first kappa shape index (κ1) is 12.4. The summed E-state index contributed by atoms with van der Waals surface area (Å²) in [4.78, 5) is 4.39. The van der Waals surface area contributed by atoms with E-state index in [1.165, 1.54) is 11.1 Å². The SMILES string of the molecule is C=Cc1ccc(C2=CC=CNC2c2ccccc2)cn1. The molecule has 2 heteroatoms. The highest BCUT2D eigenvalue weighted by Gasteiger charge is 2.18. The minimum atomic E-state index is 0.164. The highest BCUT2D eigenvalue weighted by molar-refractivity contribution is 5.73. The van der Waals surface area contributed by atoms with E-state index in [1.54, 1.807) is 6.08 Å². The van der Waals surface area contributed by atoms with Crippen molar-refractivity contribution in [1.82, 2.24) is 10.3 Å². The molecular weight excluding hydrogens is 244 g/mol. The number of benzene rings is 1. The molecule has 1 aliphatic rings. The molecule has 0 bridgehead atoms. The Kier molecular flexibility index (Phi) is 3.46. The van der Waals surface area contributed by atoms with Crippen molar-refractivity contribution in [2.75, 3.05) is 0 Å². The molecule has 20 heavy (non-hydrogen) atoms. The van der Waals surface area contributed by atoms with Crippen molar-refractivity contribution in [3.63, 3.8) is 0 Å². The van der Waals surface area contributed by atoms with E-state index in [1.807, 2.05) is 30.6 Å². The van der Waals surface area contributed by atoms with E-state index >= 15 is 0 Å². The molecule has 1 N–H and O–H groups in total. The van der Waals surface area contributed by atoms with Crippen molar-refractivity contribution in [1.29, 1.82) is 0 Å². The summed E-state index contributed by atoms with van der Waals surface area (Å²) < 4.78 is 0. The third-order valence-corrected chi connectivity index (χ3v) is 3.41. The minimum absolute atomic E-state index is 0.164. The standard InChI is InChI=1S/C18H16N2/c1-2-16-11-10-15(13-20-16)17-9-6-12-19-18(17)14-7-4-3-5-8-14/h2-13,18-19H,1H2. The lowest BCUT2D eigenvalue weighted by molar-refractivity contribution is 0.764. The second-order valence-electron chi connectivity index (χ2n) is 4.67. The average Bonchev–Trinajstić information content (AvgIpc) is 2.56. The van der Waals surface area contributed by atoms with Gasteiger partial charge in [0, 0.05) is 6.20 Å². The normalized spacial score (nSPS) is 17.2. The van der Waals surface area contributed by atoms with Crippen LogP contribution in [0.25, 0.3) is 11.6 Å². The molecule has 0 saturated carbocycles. The molecule has 0 fully saturated rings. The highest BCUT2D eigenvalue weighted by Crippen LogP contribution is 2.31. The predicted octanol–water partition coefficient (Wildman–Crippen LogP) is 3.97. The summed E-state index contributed by atoms with van der Waals surface area (Å²) in [6.07, 6.45) is 9.80. The summed E-state index contributed by atoms with van der Waals surface area (Å²) in [5.74, 6) is 0. The van der Waals surface area contributed by atoms with Crippen LogP contribution in [0.3, 0.4) is 0 Å². The van der Waals surface area contributed by atoms with Gasteiger partial charge in [0.15, 0.2) is 0 Å². The number of pyridine rings is 1. The number of rotatable bonds is 3. The maximum Gasteiger partial charge on any atom is 0.0768 e. The van der Waals surface area contributed by atoms with Crippen molar-refractivity contribution < 1.29 is 0 Å². The van der Waals surface area contributed by atoms with Gasteiger partial charge in [0.1, 0.15) is 0 Å². The average molecular weight is 260 g/mol. The Morgan fingerprint density at radius 3 is 2.65 bits per heavy atom. The van der Waals surface area contributed by atoms with Gasteiger partial charge in [0.25, 0.3) is 0 Å². The Hall–Kier alpha value is -2.61. The van der Waals surface area contributed by atoms with Crippen molar-refractivity contribution in [2.45, 2.75) is 6.04 Å². The first-order chi connectivity index (χ1) is 9.88. The lowest BCUT2D eigenvalue weighted by atomic mass is 9.92. The number of nitrogens with one attached hydrogen (secondary N) is 1. The number of dihydropyridines is 1. The van der Waals surface area contributed by atoms with Gasteiger partial charge in [-0.3, -0.25) is 4.98 Å². The molecule has 0 amide bonds. The Morgan fingerprint density at radius 2 is 1.95 bits per heavy atom. The van der Waals surface area contributed by atoms with Gasteiger partial charge in [-0.25, -0.2) is 0 Å². The van der Waals surface area contributed by atoms with E-state index in [9.17, 15) is 0 Å². The summed E-state index contributed by atoms with van der Waals surface area (Å²) in [6, 6.07) is 14.7. The van der Waals surface area contributed by atoms with E-state index in [0.717, 1.165) is 11.3 Å². The molecule has 0 saturated heterocycles. The molecule has 0 spiro atoms. The van der Waals surface area contributed by atoms with Gasteiger partial charge in [0.2, 0.25) is 0 Å². The van der Waals surface area contributed by atoms with Crippen LogP contribution in [0.15, 0.2) is 73.6 Å². The third kappa shape index (κ3) is 2.41. The van der Waals surface area contributed by atoms with Gasteiger partial charge in [-0.15, -0.1) is 0 Å². The molecule has 2 aromatic rings. The molecule has 2 heterocycles. The fourth-order valence-electron chi connectivity index (χ4n) is 2.37. The fourth-order valence-corrected chi connectivity index (χ4v) is 2.37. The molecule has 1 aromatic carbocycles. The maximum absolute atomic E-state index is 4.39. The van der Waals surface area contributed by atoms with Crippen LogP contribution in [0.4, 0.5) is 0 Å². The Labute approximate surface area is 119 Å². The molecule has 1 aromatic heterocycles. The molecule has 0 aliphatic carbocycles. The summed E-state index contributed by atoms with van der Waals surface area (Å²) in [7, 11) is 0. The van der Waals surface area contributed by atoms with Crippen LogP contribution in [0.5, 0.6) is 0 Å². The van der Waals surface area contributed by atoms with E-state index in [2.05, 4.69) is 53.3 Å². The van der Waals surface area contributed by atoms with Crippen molar-refractivity contribution in [2.24, 2.45) is 0 Å². The number of allylic oxidation sites excluding steroid dienone is 2. The van der Waals surface area contributed by atoms with Gasteiger partial charge in [-0.2, -0.15) is 0 Å². The van der Waals surface area contributed by atoms with Crippen LogP contribution < -0.4 is 5.32 Å². The van der Waals surface area contributed by atoms with Gasteiger partial charge in [-0.1, -0.05) is 49.1 Å². The fraction of sp³-hybridized carbons (Fsp3) is 0.0556. The lowest BCUT2D eigenvalue weighted by Crippen LogP contribution is -2.19. The second kappa shape index (κ2) is 5.57. The first-order valence-electron chi connectivity index (χ1n) is 6.65. The Bertz CT molecular complexity index is 652. The quantitative estimate of drug-likeness (QED) is 0.903. The largest absolute Gasteiger partial charge is 0.380 e. The first-order valence-corrected chi connectivity index (χ1v) is 6.65. The molecular formula is C18H16N2. The Morgan fingerprint density at radius 1 is 1.10 bits per heavy atom. The third-order valence-electron chi connectivity index (χ3n) is 3.41. The predicted molar refractivity (Wildman–Crippen MR) is 83.8 cm³/mol. The van der Waals surface area contributed by atoms with E-state index < -0.39 is 0 Å². The number of hydrogen-bond acceptors (Lipinski definition) is 2. The van der Waals surface area contributed by atoms with Crippen molar-refractivity contribution in [3.05, 3.63) is 90.4 Å². The van der Waals surface area contributed by atoms with Crippen LogP contribution in [0.2, 0.25) is 0 Å². The van der Waals surface area contributed by atoms with Gasteiger partial charge < -0.3 is 5.32 Å². The van der Waals surface area contributed by atoms with Crippen LogP contribution in [-0.4, -0.2) is 4.98 Å². The van der Waals surface area contributed by atoms with E-state index in [0.29, 0.717) is 0 Å². The smallest absolute Gasteiger partial charge is 0.0768 e. The topological polar surface area (TPSA) is 24.9 Å². The van der Waals surface area contributed by atoms with Crippen LogP contribution in [0, 0.1) is 0 Å². The monoisotopic (exact) mass is 260 g/mol. The second-order valence-corrected chi connectivity index (χ2v) is 4.67. The van der Waals surface area contributed by atoms with E-state index in [4.69, 9.17) is 0 Å². The number of nitrogens with zero attached hydrogens (tertiary/aromatic N) is 1. The molecule has 1 aliphatic heterocycles. The summed E-state index contributed by atoms with van der Waals surface area (Å²) in [5.41, 5.74) is 4.49. The Balaban J connectivity index is 1.98. The maximum atomic E-state index is 4.39. The summed E-state index contributed by atoms with van der Waals surface area (Å²) in [5, 5.41) is 3.42. The van der Waals surface area contributed by atoms with Gasteiger partial charge >= 0.3 is 0 Å². The van der Waals surface area contributed by atoms with E-state index in [-0.39, 0.29) is 6.04 Å². The van der Waals surface area contributed by atoms with Crippen LogP contribution in [-0.2, 0) is 0 Å². The lowest BCUT2D eigenvalue weighted by Gasteiger charge is -2.24. The molecule has 2 nitrogen and oxygen atoms in total. The molecule has 1 atom stereocenters. The zero-order chi connectivity index (χ0) is 13.8. The van der Waals surface area contributed by atoms with Crippen LogP contribution in [0.1, 0.15) is 22.9 Å². The number of aromatic nitrogens is 1. The highest BCUT2D eigenvalue weighted by atomic mass is 14.9. The van der Waals surface area contributed by atoms with Gasteiger partial charge in [0.05, 0.1) is 11.7 Å². The van der Waals surface area contributed by atoms with Crippen molar-refractivity contribution >= 4 is 11.6 Å². The number of hydrogen-bond donors (Lipinski definition) is 1. The van der Waals surface area contributed by atoms with Gasteiger partial charge in [-0.05, 0) is 41.1 Å². The van der Waals surface area contributed by atoms with Crippen molar-refractivity contribution in [3.8, 4) is 0 Å². The molecule has 98 valence electrons. The minimum Gasteiger partial charge on any atom is -0.380 e.